The number of carbonyl (C=O) groups excluding carboxylic acids is 3. The molecule has 0 aliphatic heterocycles. The molecule has 9 heteroatoms. The molecule has 2 aromatic carbocycles. The molecule has 0 unspecified atom stereocenters. The molecule has 0 fully saturated rings. The summed E-state index contributed by atoms with van der Waals surface area (Å²) in [5, 5.41) is 14.8. The van der Waals surface area contributed by atoms with E-state index >= 15 is 0 Å². The van der Waals surface area contributed by atoms with Gasteiger partial charge in [0.25, 0.3) is 0 Å². The van der Waals surface area contributed by atoms with Gasteiger partial charge in [-0.15, -0.1) is 10.2 Å². The van der Waals surface area contributed by atoms with Crippen LogP contribution >= 0.6 is 0 Å². The molecule has 0 saturated heterocycles. The van der Waals surface area contributed by atoms with Crippen molar-refractivity contribution in [2.75, 3.05) is 5.32 Å². The zero-order valence-electron chi connectivity index (χ0n) is 16.0. The Bertz CT molecular complexity index is 1040. The summed E-state index contributed by atoms with van der Waals surface area (Å²) in [7, 11) is 0. The van der Waals surface area contributed by atoms with Crippen molar-refractivity contribution in [3.05, 3.63) is 59.7 Å². The second-order valence-corrected chi connectivity index (χ2v) is 6.73. The van der Waals surface area contributed by atoms with Crippen LogP contribution < -0.4 is 11.1 Å². The van der Waals surface area contributed by atoms with Gasteiger partial charge in [-0.05, 0) is 41.6 Å². The molecule has 1 aromatic heterocycles. The van der Waals surface area contributed by atoms with E-state index in [2.05, 4.69) is 20.7 Å². The number of nitrogens with one attached hydrogen (secondary N) is 1. The maximum absolute atomic E-state index is 12.5. The van der Waals surface area contributed by atoms with E-state index in [1.165, 1.54) is 4.80 Å². The molecule has 1 heterocycles. The molecule has 2 amide bonds. The summed E-state index contributed by atoms with van der Waals surface area (Å²) in [6.07, 6.45) is 0. The minimum Gasteiger partial charge on any atom is -0.366 e. The summed E-state index contributed by atoms with van der Waals surface area (Å²) in [4.78, 5) is 36.5. The first-order chi connectivity index (χ1) is 13.8. The Morgan fingerprint density at radius 1 is 1.00 bits per heavy atom. The van der Waals surface area contributed by atoms with Crippen LogP contribution in [0.15, 0.2) is 48.5 Å². The number of hydrogen-bond donors (Lipinski definition) is 2. The number of nitrogens with two attached hydrogens (primary N) is 1. The first-order valence-electron chi connectivity index (χ1n) is 8.95. The number of nitrogens with zero attached hydrogens (tertiary/aromatic N) is 4. The van der Waals surface area contributed by atoms with E-state index in [1.54, 1.807) is 62.4 Å². The highest BCUT2D eigenvalue weighted by atomic mass is 16.2. The van der Waals surface area contributed by atoms with Gasteiger partial charge in [0.05, 0.1) is 0 Å². The van der Waals surface area contributed by atoms with Crippen LogP contribution in [0.3, 0.4) is 0 Å². The van der Waals surface area contributed by atoms with E-state index in [4.69, 9.17) is 5.73 Å². The van der Waals surface area contributed by atoms with Gasteiger partial charge in [-0.1, -0.05) is 26.0 Å². The van der Waals surface area contributed by atoms with E-state index in [9.17, 15) is 14.4 Å². The molecule has 9 nitrogen and oxygen atoms in total. The molecule has 0 radical (unpaired) electrons. The molecule has 0 aliphatic carbocycles. The van der Waals surface area contributed by atoms with Crippen molar-refractivity contribution in [2.24, 2.45) is 11.7 Å². The third kappa shape index (κ3) is 4.89. The summed E-state index contributed by atoms with van der Waals surface area (Å²) < 4.78 is 0. The van der Waals surface area contributed by atoms with Crippen molar-refractivity contribution in [3.8, 4) is 11.4 Å². The molecule has 0 atom stereocenters. The minimum absolute atomic E-state index is 0.0793. The number of hydrogen-bond acceptors (Lipinski definition) is 6. The SMILES string of the molecule is CC(C)C(=O)Nc1ccc(C(=O)Cn2nnc(-c3ccc(C(N)=O)cc3)n2)cc1. The van der Waals surface area contributed by atoms with Crippen LogP contribution in [0.25, 0.3) is 11.4 Å². The molecule has 3 aromatic rings. The van der Waals surface area contributed by atoms with Gasteiger partial charge < -0.3 is 11.1 Å². The second-order valence-electron chi connectivity index (χ2n) is 6.73. The Morgan fingerprint density at radius 2 is 1.62 bits per heavy atom. The Balaban J connectivity index is 1.65. The van der Waals surface area contributed by atoms with Gasteiger partial charge in [-0.25, -0.2) is 0 Å². The van der Waals surface area contributed by atoms with Crippen molar-refractivity contribution in [2.45, 2.75) is 20.4 Å². The molecule has 3 rings (SSSR count). The van der Waals surface area contributed by atoms with Crippen LogP contribution in [0.5, 0.6) is 0 Å². The predicted octanol–water partition coefficient (Wildman–Crippen LogP) is 1.92. The zero-order valence-corrected chi connectivity index (χ0v) is 16.0. The zero-order chi connectivity index (χ0) is 21.0. The maximum atomic E-state index is 12.5. The third-order valence-corrected chi connectivity index (χ3v) is 4.16. The fourth-order valence-corrected chi connectivity index (χ4v) is 2.46. The number of tetrazole rings is 1. The number of aromatic nitrogens is 4. The summed E-state index contributed by atoms with van der Waals surface area (Å²) >= 11 is 0. The van der Waals surface area contributed by atoms with Gasteiger partial charge in [-0.3, -0.25) is 14.4 Å². The van der Waals surface area contributed by atoms with E-state index < -0.39 is 5.91 Å². The number of primary amides is 1. The first-order valence-corrected chi connectivity index (χ1v) is 8.95. The summed E-state index contributed by atoms with van der Waals surface area (Å²) in [6, 6.07) is 13.1. The molecule has 0 bridgehead atoms. The summed E-state index contributed by atoms with van der Waals surface area (Å²) in [5.41, 5.74) is 7.34. The monoisotopic (exact) mass is 392 g/mol. The lowest BCUT2D eigenvalue weighted by atomic mass is 10.1. The Labute approximate surface area is 166 Å². The number of ketones is 1. The van der Waals surface area contributed by atoms with Crippen molar-refractivity contribution in [3.63, 3.8) is 0 Å². The van der Waals surface area contributed by atoms with E-state index in [0.717, 1.165) is 0 Å². The highest BCUT2D eigenvalue weighted by Gasteiger charge is 2.13. The average molecular weight is 392 g/mol. The number of benzene rings is 2. The van der Waals surface area contributed by atoms with Gasteiger partial charge in [-0.2, -0.15) is 4.80 Å². The van der Waals surface area contributed by atoms with Gasteiger partial charge in [0.15, 0.2) is 5.78 Å². The number of rotatable bonds is 7. The first kappa shape index (κ1) is 19.9. The predicted molar refractivity (Wildman–Crippen MR) is 106 cm³/mol. The number of Topliss-reactive ketones (excluding diaryl/α,β-unsaturated/α-hetero) is 1. The Kier molecular flexibility index (Phi) is 5.77. The van der Waals surface area contributed by atoms with Crippen molar-refractivity contribution in [1.82, 2.24) is 20.2 Å². The highest BCUT2D eigenvalue weighted by Crippen LogP contribution is 2.15. The van der Waals surface area contributed by atoms with Crippen molar-refractivity contribution >= 4 is 23.3 Å². The molecule has 3 N–H and O–H groups in total. The van der Waals surface area contributed by atoms with Crippen LogP contribution in [0, 0.1) is 5.92 Å². The Hall–Kier alpha value is -3.88. The molecular formula is C20H20N6O3. The lowest BCUT2D eigenvalue weighted by molar-refractivity contribution is -0.118. The van der Waals surface area contributed by atoms with Crippen LogP contribution in [0.2, 0.25) is 0 Å². The lowest BCUT2D eigenvalue weighted by Gasteiger charge is -2.08. The lowest BCUT2D eigenvalue weighted by Crippen LogP contribution is -2.18. The quantitative estimate of drug-likeness (QED) is 0.590. The molecule has 0 spiro atoms. The summed E-state index contributed by atoms with van der Waals surface area (Å²) in [6.45, 7) is 3.53. The average Bonchev–Trinajstić information content (AvgIpc) is 3.17. The van der Waals surface area contributed by atoms with E-state index in [-0.39, 0.29) is 24.2 Å². The van der Waals surface area contributed by atoms with Crippen LogP contribution in [0.4, 0.5) is 5.69 Å². The minimum atomic E-state index is -0.520. The van der Waals surface area contributed by atoms with Crippen LogP contribution in [0.1, 0.15) is 34.6 Å². The number of carbonyl (C=O) groups is 3. The number of amides is 2. The topological polar surface area (TPSA) is 133 Å². The second kappa shape index (κ2) is 8.42. The van der Waals surface area contributed by atoms with Gasteiger partial charge >= 0.3 is 0 Å². The van der Waals surface area contributed by atoms with Gasteiger partial charge in [0.1, 0.15) is 6.54 Å². The van der Waals surface area contributed by atoms with E-state index in [0.29, 0.717) is 28.2 Å². The maximum Gasteiger partial charge on any atom is 0.248 e. The van der Waals surface area contributed by atoms with E-state index in [1.807, 2.05) is 0 Å². The third-order valence-electron chi connectivity index (χ3n) is 4.16. The summed E-state index contributed by atoms with van der Waals surface area (Å²) in [5.74, 6) is -0.600. The fourth-order valence-electron chi connectivity index (χ4n) is 2.46. The van der Waals surface area contributed by atoms with Crippen molar-refractivity contribution < 1.29 is 14.4 Å². The van der Waals surface area contributed by atoms with Gasteiger partial charge in [0.2, 0.25) is 17.6 Å². The number of anilines is 1. The van der Waals surface area contributed by atoms with Crippen molar-refractivity contribution in [1.29, 1.82) is 0 Å². The van der Waals surface area contributed by atoms with Crippen LogP contribution in [-0.4, -0.2) is 37.8 Å². The smallest absolute Gasteiger partial charge is 0.248 e. The normalized spacial score (nSPS) is 10.7. The molecule has 148 valence electrons. The largest absolute Gasteiger partial charge is 0.366 e. The van der Waals surface area contributed by atoms with Gasteiger partial charge in [0, 0.05) is 28.3 Å². The van der Waals surface area contributed by atoms with Crippen LogP contribution in [-0.2, 0) is 11.3 Å². The highest BCUT2D eigenvalue weighted by molar-refractivity contribution is 5.97. The fraction of sp³-hybridized carbons (Fsp3) is 0.200. The molecular weight excluding hydrogens is 372 g/mol. The molecule has 29 heavy (non-hydrogen) atoms. The Morgan fingerprint density at radius 3 is 2.21 bits per heavy atom. The molecule has 0 saturated carbocycles. The standard InChI is InChI=1S/C20H20N6O3/c1-12(2)20(29)22-16-9-7-13(8-10-16)17(27)11-26-24-19(23-25-26)15-5-3-14(4-6-15)18(21)28/h3-10,12H,11H2,1-2H3,(H2,21,28)(H,22,29). The molecule has 0 aliphatic rings.